The van der Waals surface area contributed by atoms with Gasteiger partial charge in [-0.2, -0.15) is 0 Å². The quantitative estimate of drug-likeness (QED) is 0.279. The molecule has 0 atom stereocenters. The van der Waals surface area contributed by atoms with Crippen molar-refractivity contribution in [3.8, 4) is 24.2 Å². The third kappa shape index (κ3) is 8.68. The fraction of sp³-hybridized carbons (Fsp3) is 0.273. The van der Waals surface area contributed by atoms with Crippen molar-refractivity contribution in [2.75, 3.05) is 0 Å². The summed E-state index contributed by atoms with van der Waals surface area (Å²) in [5.74, 6) is 10.2. The predicted octanol–water partition coefficient (Wildman–Crippen LogP) is 7.08. The molecule has 0 bridgehead atoms. The Morgan fingerprint density at radius 3 is 1.80 bits per heavy atom. The first-order valence-corrected chi connectivity index (χ1v) is 10.1. The molecule has 4 rings (SSSR count). The summed E-state index contributed by atoms with van der Waals surface area (Å²) < 4.78 is 1.10. The van der Waals surface area contributed by atoms with Crippen molar-refractivity contribution in [3.05, 3.63) is 67.7 Å². The molecule has 2 aliphatic carbocycles. The maximum atomic E-state index is 5.93. The molecule has 0 spiro atoms. The predicted molar refractivity (Wildman–Crippen MR) is 117 cm³/mol. The minimum Gasteiger partial charge on any atom is -0.120 e. The average molecular weight is 481 g/mol. The van der Waals surface area contributed by atoms with Crippen LogP contribution < -0.4 is 0 Å². The minimum absolute atomic E-state index is 0.640. The van der Waals surface area contributed by atoms with E-state index in [1.165, 1.54) is 25.7 Å². The zero-order chi connectivity index (χ0) is 18.1. The van der Waals surface area contributed by atoms with E-state index in [0.717, 1.165) is 19.2 Å². The lowest BCUT2D eigenvalue weighted by atomic mass is 10.2. The van der Waals surface area contributed by atoms with E-state index in [9.17, 15) is 0 Å². The van der Waals surface area contributed by atoms with E-state index in [1.54, 1.807) is 0 Å². The molecular weight excluding hydrogens is 462 g/mol. The number of hydrogen-bond acceptors (Lipinski definition) is 0. The molecular formula is C22H19Cl2I. The molecule has 0 N–H and O–H groups in total. The van der Waals surface area contributed by atoms with Gasteiger partial charge in [-0.15, -0.1) is 12.3 Å². The monoisotopic (exact) mass is 480 g/mol. The third-order valence-electron chi connectivity index (χ3n) is 3.50. The van der Waals surface area contributed by atoms with Gasteiger partial charge in [0, 0.05) is 21.0 Å². The Morgan fingerprint density at radius 1 is 0.840 bits per heavy atom. The molecule has 25 heavy (non-hydrogen) atoms. The number of hydrogen-bond donors (Lipinski definition) is 0. The lowest BCUT2D eigenvalue weighted by molar-refractivity contribution is 1.18. The molecule has 2 aromatic rings. The van der Waals surface area contributed by atoms with Crippen LogP contribution in [-0.4, -0.2) is 0 Å². The highest BCUT2D eigenvalue weighted by Crippen LogP contribution is 2.28. The maximum Gasteiger partial charge on any atom is 0.0562 e. The van der Waals surface area contributed by atoms with Crippen LogP contribution in [0.15, 0.2) is 48.5 Å². The standard InChI is InChI=1S/C11H9Cl.C6H4ClI.C5H6/c12-11-4-2-1-3-10(11)8-7-9-5-6-9;7-5-3-1-2-4-6(5)8;1-2-5-3-4-5/h1-4,9H,5-6H2;1-4H;1,5H,3-4H2. The van der Waals surface area contributed by atoms with Crippen LogP contribution in [0.2, 0.25) is 10.0 Å². The second kappa shape index (κ2) is 10.8. The number of benzene rings is 2. The van der Waals surface area contributed by atoms with E-state index >= 15 is 0 Å². The van der Waals surface area contributed by atoms with Crippen LogP contribution in [0, 0.1) is 39.6 Å². The van der Waals surface area contributed by atoms with E-state index in [-0.39, 0.29) is 0 Å². The normalized spacial score (nSPS) is 14.5. The lowest BCUT2D eigenvalue weighted by Crippen LogP contribution is -1.75. The molecule has 2 aliphatic rings. The zero-order valence-electron chi connectivity index (χ0n) is 13.8. The van der Waals surface area contributed by atoms with Crippen molar-refractivity contribution in [2.45, 2.75) is 25.7 Å². The van der Waals surface area contributed by atoms with Crippen molar-refractivity contribution >= 4 is 45.8 Å². The average Bonchev–Trinajstić information content (AvgIpc) is 3.51. The third-order valence-corrected chi connectivity index (χ3v) is 5.42. The first-order chi connectivity index (χ1) is 12.1. The Labute approximate surface area is 174 Å². The Balaban J connectivity index is 0.000000149. The Kier molecular flexibility index (Phi) is 8.70. The van der Waals surface area contributed by atoms with Crippen LogP contribution in [0.4, 0.5) is 0 Å². The summed E-state index contributed by atoms with van der Waals surface area (Å²) in [4.78, 5) is 0. The number of halogens is 3. The molecule has 0 saturated heterocycles. The fourth-order valence-electron chi connectivity index (χ4n) is 1.66. The summed E-state index contributed by atoms with van der Waals surface area (Å²) in [6.07, 6.45) is 10.1. The van der Waals surface area contributed by atoms with E-state index in [4.69, 9.17) is 29.6 Å². The first kappa shape index (κ1) is 20.2. The van der Waals surface area contributed by atoms with Crippen molar-refractivity contribution in [2.24, 2.45) is 11.8 Å². The van der Waals surface area contributed by atoms with Crippen LogP contribution in [0.5, 0.6) is 0 Å². The Bertz CT molecular complexity index is 766. The molecule has 0 radical (unpaired) electrons. The van der Waals surface area contributed by atoms with Crippen molar-refractivity contribution in [1.29, 1.82) is 0 Å². The van der Waals surface area contributed by atoms with Gasteiger partial charge in [-0.25, -0.2) is 0 Å². The summed E-state index contributed by atoms with van der Waals surface area (Å²) in [6, 6.07) is 15.5. The van der Waals surface area contributed by atoms with E-state index in [1.807, 2.05) is 48.5 Å². The Hall–Kier alpha value is -1.13. The summed E-state index contributed by atoms with van der Waals surface area (Å²) >= 11 is 13.8. The van der Waals surface area contributed by atoms with Gasteiger partial charge < -0.3 is 0 Å². The van der Waals surface area contributed by atoms with E-state index in [2.05, 4.69) is 40.4 Å². The zero-order valence-corrected chi connectivity index (χ0v) is 17.5. The molecule has 0 nitrogen and oxygen atoms in total. The topological polar surface area (TPSA) is 0 Å². The highest BCUT2D eigenvalue weighted by atomic mass is 127. The molecule has 0 heterocycles. The molecule has 128 valence electrons. The van der Waals surface area contributed by atoms with Gasteiger partial charge in [-0.1, -0.05) is 59.3 Å². The maximum absolute atomic E-state index is 5.93. The van der Waals surface area contributed by atoms with Crippen LogP contribution in [-0.2, 0) is 0 Å². The molecule has 2 fully saturated rings. The molecule has 2 aromatic carbocycles. The number of rotatable bonds is 0. The highest BCUT2D eigenvalue weighted by molar-refractivity contribution is 14.1. The van der Waals surface area contributed by atoms with Crippen molar-refractivity contribution < 1.29 is 0 Å². The van der Waals surface area contributed by atoms with Gasteiger partial charge in [0.05, 0.1) is 10.0 Å². The van der Waals surface area contributed by atoms with Crippen LogP contribution >= 0.6 is 45.8 Å². The van der Waals surface area contributed by atoms with Gasteiger partial charge in [0.25, 0.3) is 0 Å². The smallest absolute Gasteiger partial charge is 0.0562 e. The SMILES string of the molecule is C#CC1CC1.Clc1ccccc1C#CC1CC1.Clc1ccccc1I. The van der Waals surface area contributed by atoms with Gasteiger partial charge in [0.15, 0.2) is 0 Å². The van der Waals surface area contributed by atoms with Gasteiger partial charge >= 0.3 is 0 Å². The summed E-state index contributed by atoms with van der Waals surface area (Å²) in [5, 5.41) is 1.58. The molecule has 0 aliphatic heterocycles. The highest BCUT2D eigenvalue weighted by Gasteiger charge is 2.17. The first-order valence-electron chi connectivity index (χ1n) is 8.22. The molecule has 0 aromatic heterocycles. The van der Waals surface area contributed by atoms with Crippen LogP contribution in [0.25, 0.3) is 0 Å². The van der Waals surface area contributed by atoms with Crippen molar-refractivity contribution in [3.63, 3.8) is 0 Å². The molecule has 3 heteroatoms. The molecule has 0 unspecified atom stereocenters. The van der Waals surface area contributed by atoms with Crippen LogP contribution in [0.3, 0.4) is 0 Å². The van der Waals surface area contributed by atoms with Gasteiger partial charge in [-0.05, 0) is 72.5 Å². The van der Waals surface area contributed by atoms with E-state index < -0.39 is 0 Å². The van der Waals surface area contributed by atoms with E-state index in [0.29, 0.717) is 11.8 Å². The fourth-order valence-corrected chi connectivity index (χ4v) is 2.37. The largest absolute Gasteiger partial charge is 0.120 e. The second-order valence-electron chi connectivity index (χ2n) is 5.88. The summed E-state index contributed by atoms with van der Waals surface area (Å²) in [7, 11) is 0. The van der Waals surface area contributed by atoms with Crippen molar-refractivity contribution in [1.82, 2.24) is 0 Å². The lowest BCUT2D eigenvalue weighted by Gasteiger charge is -1.91. The second-order valence-corrected chi connectivity index (χ2v) is 7.86. The van der Waals surface area contributed by atoms with Gasteiger partial charge in [0.2, 0.25) is 0 Å². The van der Waals surface area contributed by atoms with Crippen LogP contribution in [0.1, 0.15) is 31.2 Å². The van der Waals surface area contributed by atoms with Gasteiger partial charge in [-0.3, -0.25) is 0 Å². The molecule has 0 amide bonds. The van der Waals surface area contributed by atoms with Gasteiger partial charge in [0.1, 0.15) is 0 Å². The Morgan fingerprint density at radius 2 is 1.40 bits per heavy atom. The minimum atomic E-state index is 0.640. The summed E-state index contributed by atoms with van der Waals surface area (Å²) in [5.41, 5.74) is 0.950. The number of terminal acetylenes is 1. The summed E-state index contributed by atoms with van der Waals surface area (Å²) in [6.45, 7) is 0. The molecule has 2 saturated carbocycles.